The summed E-state index contributed by atoms with van der Waals surface area (Å²) < 4.78 is 10.4. The molecule has 7 heteroatoms. The third-order valence-corrected chi connectivity index (χ3v) is 3.22. The van der Waals surface area contributed by atoms with E-state index in [0.29, 0.717) is 5.75 Å². The molecule has 2 aromatic rings. The Morgan fingerprint density at radius 3 is 2.58 bits per heavy atom. The number of nitrogens with zero attached hydrogens (tertiary/aromatic N) is 3. The topological polar surface area (TPSA) is 101 Å². The van der Waals surface area contributed by atoms with Gasteiger partial charge in [0.2, 0.25) is 0 Å². The van der Waals surface area contributed by atoms with Crippen molar-refractivity contribution < 1.29 is 19.1 Å². The molecular formula is C17H15N3O4. The predicted molar refractivity (Wildman–Crippen MR) is 86.9 cm³/mol. The molecular weight excluding hydrogens is 310 g/mol. The summed E-state index contributed by atoms with van der Waals surface area (Å²) in [6.45, 7) is -0.0435. The highest BCUT2D eigenvalue weighted by Gasteiger charge is 2.16. The van der Waals surface area contributed by atoms with Gasteiger partial charge in [0.1, 0.15) is 17.9 Å². The van der Waals surface area contributed by atoms with E-state index in [-0.39, 0.29) is 24.3 Å². The van der Waals surface area contributed by atoms with E-state index in [0.717, 1.165) is 5.56 Å². The Bertz CT molecular complexity index is 784. The molecule has 24 heavy (non-hydrogen) atoms. The number of methoxy groups -OCH3 is 1. The molecule has 0 fully saturated rings. The van der Waals surface area contributed by atoms with Crippen molar-refractivity contribution in [3.8, 4) is 5.75 Å². The fourth-order valence-electron chi connectivity index (χ4n) is 2.02. The summed E-state index contributed by atoms with van der Waals surface area (Å²) >= 11 is 0. The first kappa shape index (κ1) is 17.1. The van der Waals surface area contributed by atoms with Crippen molar-refractivity contribution in [2.45, 2.75) is 6.61 Å². The standard InChI is InChI=1S/C17H15N3O4/c1-23-17(22)14-9-13(15(21)10-19-20-18)7-8-16(14)24-11-12-5-3-2-4-6-12/h2-9H,10-11H2,1H3. The zero-order valence-electron chi connectivity index (χ0n) is 13.0. The molecule has 0 aliphatic heterocycles. The summed E-state index contributed by atoms with van der Waals surface area (Å²) in [7, 11) is 1.25. The van der Waals surface area contributed by atoms with Crippen LogP contribution in [0.3, 0.4) is 0 Å². The summed E-state index contributed by atoms with van der Waals surface area (Å²) in [4.78, 5) is 26.4. The Morgan fingerprint density at radius 1 is 1.17 bits per heavy atom. The van der Waals surface area contributed by atoms with Crippen LogP contribution in [0, 0.1) is 0 Å². The first-order valence-electron chi connectivity index (χ1n) is 7.09. The van der Waals surface area contributed by atoms with Crippen molar-refractivity contribution in [1.82, 2.24) is 0 Å². The number of azide groups is 1. The van der Waals surface area contributed by atoms with Crippen molar-refractivity contribution in [2.75, 3.05) is 13.7 Å². The zero-order chi connectivity index (χ0) is 17.4. The lowest BCUT2D eigenvalue weighted by Crippen LogP contribution is -2.09. The fraction of sp³-hybridized carbons (Fsp3) is 0.176. The molecule has 0 bridgehead atoms. The molecule has 2 rings (SSSR count). The molecule has 0 aromatic heterocycles. The van der Waals surface area contributed by atoms with Crippen LogP contribution >= 0.6 is 0 Å². The number of Topliss-reactive ketones (excluding diaryl/α,β-unsaturated/α-hetero) is 1. The van der Waals surface area contributed by atoms with Crippen LogP contribution in [0.5, 0.6) is 5.75 Å². The largest absolute Gasteiger partial charge is 0.488 e. The highest BCUT2D eigenvalue weighted by atomic mass is 16.5. The van der Waals surface area contributed by atoms with Crippen molar-refractivity contribution in [1.29, 1.82) is 0 Å². The number of hydrogen-bond donors (Lipinski definition) is 0. The van der Waals surface area contributed by atoms with Crippen LogP contribution in [-0.4, -0.2) is 25.4 Å². The van der Waals surface area contributed by atoms with Crippen LogP contribution in [0.15, 0.2) is 53.6 Å². The van der Waals surface area contributed by atoms with E-state index in [1.54, 1.807) is 0 Å². The van der Waals surface area contributed by atoms with Gasteiger partial charge in [-0.2, -0.15) is 0 Å². The van der Waals surface area contributed by atoms with Crippen LogP contribution in [0.4, 0.5) is 0 Å². The van der Waals surface area contributed by atoms with Gasteiger partial charge in [-0.05, 0) is 29.3 Å². The average molecular weight is 325 g/mol. The van der Waals surface area contributed by atoms with Crippen molar-refractivity contribution in [3.63, 3.8) is 0 Å². The maximum atomic E-state index is 11.9. The van der Waals surface area contributed by atoms with Crippen LogP contribution in [0.1, 0.15) is 26.3 Å². The number of carbonyl (C=O) groups excluding carboxylic acids is 2. The fourth-order valence-corrected chi connectivity index (χ4v) is 2.02. The van der Waals surface area contributed by atoms with E-state index < -0.39 is 11.8 Å². The second kappa shape index (κ2) is 8.36. The zero-order valence-corrected chi connectivity index (χ0v) is 13.0. The van der Waals surface area contributed by atoms with Gasteiger partial charge in [-0.1, -0.05) is 35.4 Å². The van der Waals surface area contributed by atoms with Gasteiger partial charge in [-0.3, -0.25) is 4.79 Å². The molecule has 0 atom stereocenters. The van der Waals surface area contributed by atoms with Crippen molar-refractivity contribution in [2.24, 2.45) is 5.11 Å². The highest BCUT2D eigenvalue weighted by molar-refractivity contribution is 6.01. The number of esters is 1. The maximum Gasteiger partial charge on any atom is 0.341 e. The first-order chi connectivity index (χ1) is 11.7. The predicted octanol–water partition coefficient (Wildman–Crippen LogP) is 3.55. The van der Waals surface area contributed by atoms with Crippen LogP contribution in [0.2, 0.25) is 0 Å². The summed E-state index contributed by atoms with van der Waals surface area (Å²) in [5, 5.41) is 3.22. The van der Waals surface area contributed by atoms with E-state index in [1.807, 2.05) is 30.3 Å². The van der Waals surface area contributed by atoms with E-state index in [9.17, 15) is 9.59 Å². The molecule has 0 heterocycles. The Balaban J connectivity index is 2.25. The molecule has 0 N–H and O–H groups in total. The molecule has 2 aromatic carbocycles. The quantitative estimate of drug-likeness (QED) is 0.255. The highest BCUT2D eigenvalue weighted by Crippen LogP contribution is 2.23. The molecule has 0 saturated carbocycles. The van der Waals surface area contributed by atoms with Crippen molar-refractivity contribution in [3.05, 3.63) is 75.7 Å². The molecule has 0 radical (unpaired) electrons. The molecule has 0 aliphatic carbocycles. The van der Waals surface area contributed by atoms with Crippen LogP contribution in [-0.2, 0) is 11.3 Å². The molecule has 0 amide bonds. The lowest BCUT2D eigenvalue weighted by atomic mass is 10.1. The lowest BCUT2D eigenvalue weighted by molar-refractivity contribution is 0.0595. The monoisotopic (exact) mass is 325 g/mol. The summed E-state index contributed by atoms with van der Waals surface area (Å²) in [5.74, 6) is -0.699. The number of rotatable bonds is 7. The molecule has 0 unspecified atom stereocenters. The minimum Gasteiger partial charge on any atom is -0.488 e. The van der Waals surface area contributed by atoms with E-state index in [1.165, 1.54) is 25.3 Å². The first-order valence-corrected chi connectivity index (χ1v) is 7.09. The molecule has 122 valence electrons. The molecule has 7 nitrogen and oxygen atoms in total. The molecule has 0 aliphatic rings. The van der Waals surface area contributed by atoms with Gasteiger partial charge in [0.05, 0.1) is 13.7 Å². The van der Waals surface area contributed by atoms with Gasteiger partial charge in [0, 0.05) is 10.5 Å². The van der Waals surface area contributed by atoms with Gasteiger partial charge < -0.3 is 9.47 Å². The molecule has 0 spiro atoms. The minimum absolute atomic E-state index is 0.139. The third kappa shape index (κ3) is 4.34. The van der Waals surface area contributed by atoms with Crippen molar-refractivity contribution >= 4 is 11.8 Å². The maximum absolute atomic E-state index is 11.9. The van der Waals surface area contributed by atoms with Gasteiger partial charge in [0.15, 0.2) is 5.78 Å². The second-order valence-electron chi connectivity index (χ2n) is 4.79. The number of benzene rings is 2. The third-order valence-electron chi connectivity index (χ3n) is 3.22. The van der Waals surface area contributed by atoms with Crippen LogP contribution < -0.4 is 4.74 Å². The van der Waals surface area contributed by atoms with Gasteiger partial charge >= 0.3 is 5.97 Å². The van der Waals surface area contributed by atoms with E-state index in [2.05, 4.69) is 10.0 Å². The Kier molecular flexibility index (Phi) is 5.94. The van der Waals surface area contributed by atoms with Crippen LogP contribution in [0.25, 0.3) is 10.4 Å². The van der Waals surface area contributed by atoms with Gasteiger partial charge in [-0.25, -0.2) is 4.79 Å². The smallest absolute Gasteiger partial charge is 0.341 e. The number of ether oxygens (including phenoxy) is 2. The van der Waals surface area contributed by atoms with Gasteiger partial charge in [-0.15, -0.1) is 0 Å². The van der Waals surface area contributed by atoms with E-state index in [4.69, 9.17) is 15.0 Å². The number of carbonyl (C=O) groups is 2. The lowest BCUT2D eigenvalue weighted by Gasteiger charge is -2.11. The summed E-state index contributed by atoms with van der Waals surface area (Å²) in [5.41, 5.74) is 9.60. The minimum atomic E-state index is -0.614. The van der Waals surface area contributed by atoms with Gasteiger partial charge in [0.25, 0.3) is 0 Å². The summed E-state index contributed by atoms with van der Waals surface area (Å²) in [6, 6.07) is 13.9. The number of hydrogen-bond acceptors (Lipinski definition) is 5. The van der Waals surface area contributed by atoms with E-state index >= 15 is 0 Å². The number of ketones is 1. The SMILES string of the molecule is COC(=O)c1cc(C(=O)CN=[N+]=[N-])ccc1OCc1ccccc1. The summed E-state index contributed by atoms with van der Waals surface area (Å²) in [6.07, 6.45) is 0. The Hall–Kier alpha value is -3.31. The normalized spacial score (nSPS) is 9.71. The average Bonchev–Trinajstić information content (AvgIpc) is 2.64. The second-order valence-corrected chi connectivity index (χ2v) is 4.79. The Morgan fingerprint density at radius 2 is 1.92 bits per heavy atom. The Labute approximate surface area is 138 Å². The molecule has 0 saturated heterocycles.